The molecule has 1 saturated heterocycles. The fraction of sp³-hybridized carbons (Fsp3) is 0.579. The number of aromatic nitrogens is 2. The number of nitro benzene ring substituents is 1. The van der Waals surface area contributed by atoms with Gasteiger partial charge in [-0.3, -0.25) is 10.1 Å². The molecule has 4 rings (SSSR count). The van der Waals surface area contributed by atoms with E-state index in [1.165, 1.54) is 17.6 Å². The van der Waals surface area contributed by atoms with Crippen molar-refractivity contribution in [2.45, 2.75) is 50.3 Å². The second-order valence-electron chi connectivity index (χ2n) is 7.91. The van der Waals surface area contributed by atoms with Crippen LogP contribution in [0.25, 0.3) is 0 Å². The van der Waals surface area contributed by atoms with Crippen molar-refractivity contribution >= 4 is 32.4 Å². The summed E-state index contributed by atoms with van der Waals surface area (Å²) in [6.45, 7) is 3.45. The molecule has 1 aromatic heterocycles. The van der Waals surface area contributed by atoms with Crippen molar-refractivity contribution in [2.24, 2.45) is 0 Å². The van der Waals surface area contributed by atoms with Crippen LogP contribution >= 0.6 is 11.5 Å². The number of hydrogen-bond acceptors (Lipinski definition) is 8. The van der Waals surface area contributed by atoms with Gasteiger partial charge in [0.15, 0.2) is 0 Å². The smallest absolute Gasteiger partial charge is 0.273 e. The van der Waals surface area contributed by atoms with Crippen molar-refractivity contribution in [3.05, 3.63) is 45.8 Å². The molecular formula is C19H25N5O4S2. The second kappa shape index (κ2) is 8.56. The zero-order valence-electron chi connectivity index (χ0n) is 16.8. The Balaban J connectivity index is 1.44. The van der Waals surface area contributed by atoms with Gasteiger partial charge in [-0.25, -0.2) is 13.4 Å². The number of rotatable bonds is 6. The summed E-state index contributed by atoms with van der Waals surface area (Å²) in [5, 5.41) is 11.7. The summed E-state index contributed by atoms with van der Waals surface area (Å²) in [4.78, 5) is 17.5. The monoisotopic (exact) mass is 451 g/mol. The molecule has 2 heterocycles. The Morgan fingerprint density at radius 3 is 2.67 bits per heavy atom. The number of anilines is 1. The summed E-state index contributed by atoms with van der Waals surface area (Å²) in [6.07, 6.45) is 3.81. The fourth-order valence-electron chi connectivity index (χ4n) is 4.28. The van der Waals surface area contributed by atoms with Crippen LogP contribution in [0.4, 0.5) is 10.8 Å². The molecular weight excluding hydrogens is 426 g/mol. The van der Waals surface area contributed by atoms with E-state index < -0.39 is 14.9 Å². The molecule has 0 bridgehead atoms. The molecule has 11 heteroatoms. The summed E-state index contributed by atoms with van der Waals surface area (Å²) in [7, 11) is -3.24. The average molecular weight is 452 g/mol. The summed E-state index contributed by atoms with van der Waals surface area (Å²) in [5.41, 5.74) is 0.639. The van der Waals surface area contributed by atoms with Crippen molar-refractivity contribution in [1.29, 1.82) is 0 Å². The van der Waals surface area contributed by atoms with Crippen molar-refractivity contribution in [1.82, 2.24) is 13.7 Å². The van der Waals surface area contributed by atoms with Gasteiger partial charge in [-0.05, 0) is 19.8 Å². The first kappa shape index (κ1) is 21.1. The fourth-order valence-corrected chi connectivity index (χ4v) is 7.20. The van der Waals surface area contributed by atoms with Gasteiger partial charge >= 0.3 is 0 Å². The number of piperazine rings is 1. The number of benzene rings is 1. The van der Waals surface area contributed by atoms with Crippen molar-refractivity contribution in [3.8, 4) is 0 Å². The van der Waals surface area contributed by atoms with E-state index >= 15 is 0 Å². The summed E-state index contributed by atoms with van der Waals surface area (Å²) < 4.78 is 31.8. The normalized spacial score (nSPS) is 21.2. The van der Waals surface area contributed by atoms with Crippen LogP contribution in [0.5, 0.6) is 0 Å². The predicted octanol–water partition coefficient (Wildman–Crippen LogP) is 2.82. The number of hydrogen-bond donors (Lipinski definition) is 0. The zero-order valence-corrected chi connectivity index (χ0v) is 18.4. The van der Waals surface area contributed by atoms with Crippen LogP contribution in [-0.2, 0) is 16.4 Å². The molecule has 2 aromatic rings. The molecule has 2 aliphatic rings. The SMILES string of the molecule is CC1CN(S(=O)(=O)C2CCCC2)CCN1c1nc(Cc2ccccc2[N+](=O)[O-])ns1. The Hall–Kier alpha value is -2.11. The van der Waals surface area contributed by atoms with Gasteiger partial charge in [-0.2, -0.15) is 8.68 Å². The second-order valence-corrected chi connectivity index (χ2v) is 10.9. The third kappa shape index (κ3) is 4.19. The first-order valence-corrected chi connectivity index (χ1v) is 12.4. The molecule has 162 valence electrons. The molecule has 0 radical (unpaired) electrons. The molecule has 0 amide bonds. The summed E-state index contributed by atoms with van der Waals surface area (Å²) in [6, 6.07) is 6.59. The minimum Gasteiger partial charge on any atom is -0.342 e. The highest BCUT2D eigenvalue weighted by molar-refractivity contribution is 7.89. The van der Waals surface area contributed by atoms with E-state index in [0.29, 0.717) is 31.0 Å². The molecule has 9 nitrogen and oxygen atoms in total. The highest BCUT2D eigenvalue weighted by Gasteiger charge is 2.38. The molecule has 30 heavy (non-hydrogen) atoms. The van der Waals surface area contributed by atoms with Crippen LogP contribution in [0.15, 0.2) is 24.3 Å². The van der Waals surface area contributed by atoms with E-state index in [0.717, 1.165) is 30.8 Å². The first-order chi connectivity index (χ1) is 14.4. The lowest BCUT2D eigenvalue weighted by molar-refractivity contribution is -0.385. The van der Waals surface area contributed by atoms with Gasteiger partial charge in [0.05, 0.1) is 10.2 Å². The number of nitro groups is 1. The molecule has 0 spiro atoms. The Morgan fingerprint density at radius 1 is 1.23 bits per heavy atom. The third-order valence-electron chi connectivity index (χ3n) is 5.91. The van der Waals surface area contributed by atoms with Gasteiger partial charge in [0.2, 0.25) is 15.2 Å². The standard InChI is InChI=1S/C19H25N5O4S2/c1-14-13-22(30(27,28)16-7-3-4-8-16)10-11-23(14)19-20-18(21-29-19)12-15-6-2-5-9-17(15)24(25)26/h2,5-6,9,14,16H,3-4,7-8,10-13H2,1H3. The summed E-state index contributed by atoms with van der Waals surface area (Å²) in [5.74, 6) is 0.539. The Kier molecular flexibility index (Phi) is 6.03. The van der Waals surface area contributed by atoms with Gasteiger partial charge in [0.1, 0.15) is 5.82 Å². The maximum Gasteiger partial charge on any atom is 0.273 e. The first-order valence-electron chi connectivity index (χ1n) is 10.2. The van der Waals surface area contributed by atoms with Crippen molar-refractivity contribution < 1.29 is 13.3 Å². The third-order valence-corrected chi connectivity index (χ3v) is 9.07. The van der Waals surface area contributed by atoms with E-state index in [9.17, 15) is 18.5 Å². The Bertz CT molecular complexity index is 1020. The van der Waals surface area contributed by atoms with Gasteiger partial charge in [0.25, 0.3) is 5.69 Å². The minimum absolute atomic E-state index is 0.0122. The van der Waals surface area contributed by atoms with E-state index in [-0.39, 0.29) is 23.4 Å². The lowest BCUT2D eigenvalue weighted by Gasteiger charge is -2.39. The zero-order chi connectivity index (χ0) is 21.3. The molecule has 1 atom stereocenters. The number of sulfonamides is 1. The van der Waals surface area contributed by atoms with E-state index in [1.54, 1.807) is 22.5 Å². The minimum atomic E-state index is -3.24. The maximum absolute atomic E-state index is 12.9. The van der Waals surface area contributed by atoms with E-state index in [2.05, 4.69) is 14.3 Å². The highest BCUT2D eigenvalue weighted by Crippen LogP contribution is 2.30. The van der Waals surface area contributed by atoms with Crippen LogP contribution in [0.3, 0.4) is 0 Å². The van der Waals surface area contributed by atoms with Crippen LogP contribution in [-0.4, -0.2) is 57.9 Å². The molecule has 1 aliphatic carbocycles. The molecule has 1 unspecified atom stereocenters. The van der Waals surface area contributed by atoms with Crippen LogP contribution in [0, 0.1) is 10.1 Å². The Morgan fingerprint density at radius 2 is 1.97 bits per heavy atom. The highest BCUT2D eigenvalue weighted by atomic mass is 32.2. The Labute approximate surface area is 180 Å². The lowest BCUT2D eigenvalue weighted by atomic mass is 10.1. The van der Waals surface area contributed by atoms with Crippen LogP contribution < -0.4 is 4.90 Å². The van der Waals surface area contributed by atoms with Gasteiger partial charge in [0, 0.05) is 55.3 Å². The predicted molar refractivity (Wildman–Crippen MR) is 115 cm³/mol. The van der Waals surface area contributed by atoms with Gasteiger partial charge in [-0.15, -0.1) is 0 Å². The number of nitrogens with zero attached hydrogens (tertiary/aromatic N) is 5. The maximum atomic E-state index is 12.9. The quantitative estimate of drug-likeness (QED) is 0.491. The van der Waals surface area contributed by atoms with E-state index in [4.69, 9.17) is 0 Å². The average Bonchev–Trinajstić information content (AvgIpc) is 3.41. The molecule has 1 saturated carbocycles. The largest absolute Gasteiger partial charge is 0.342 e. The number of para-hydroxylation sites is 1. The van der Waals surface area contributed by atoms with Gasteiger partial charge in [-0.1, -0.05) is 31.0 Å². The van der Waals surface area contributed by atoms with Crippen molar-refractivity contribution in [2.75, 3.05) is 24.5 Å². The van der Waals surface area contributed by atoms with Crippen molar-refractivity contribution in [3.63, 3.8) is 0 Å². The van der Waals surface area contributed by atoms with E-state index in [1.807, 2.05) is 6.92 Å². The van der Waals surface area contributed by atoms with Crippen LogP contribution in [0.2, 0.25) is 0 Å². The molecule has 0 N–H and O–H groups in total. The molecule has 1 aromatic carbocycles. The lowest BCUT2D eigenvalue weighted by Crippen LogP contribution is -2.55. The van der Waals surface area contributed by atoms with Crippen LogP contribution in [0.1, 0.15) is 44.0 Å². The topological polar surface area (TPSA) is 110 Å². The summed E-state index contributed by atoms with van der Waals surface area (Å²) >= 11 is 1.25. The van der Waals surface area contributed by atoms with Gasteiger partial charge < -0.3 is 4.90 Å². The molecule has 2 fully saturated rings. The molecule has 1 aliphatic heterocycles.